The molecule has 2 aromatic carbocycles. The number of ether oxygens (including phenoxy) is 2. The Hall–Kier alpha value is -3.86. The zero-order chi connectivity index (χ0) is 22.7. The third kappa shape index (κ3) is 3.89. The second-order valence-corrected chi connectivity index (χ2v) is 7.64. The van der Waals surface area contributed by atoms with Crippen LogP contribution in [0.3, 0.4) is 0 Å². The Morgan fingerprint density at radius 1 is 1.00 bits per heavy atom. The number of aryl methyl sites for hydroxylation is 2. The molecule has 0 unspecified atom stereocenters. The quantitative estimate of drug-likeness (QED) is 0.277. The smallest absolute Gasteiger partial charge is 0.340 e. The maximum absolute atomic E-state index is 12.9. The second-order valence-electron chi connectivity index (χ2n) is 7.64. The van der Waals surface area contributed by atoms with Crippen molar-refractivity contribution in [3.8, 4) is 16.9 Å². The van der Waals surface area contributed by atoms with Gasteiger partial charge in [0, 0.05) is 11.8 Å². The maximum Gasteiger partial charge on any atom is 0.340 e. The summed E-state index contributed by atoms with van der Waals surface area (Å²) in [6, 6.07) is 19.4. The number of nitrogens with zero attached hydrogens (tertiary/aromatic N) is 1. The van der Waals surface area contributed by atoms with Crippen molar-refractivity contribution < 1.29 is 19.1 Å². The predicted molar refractivity (Wildman–Crippen MR) is 124 cm³/mol. The summed E-state index contributed by atoms with van der Waals surface area (Å²) in [5.74, 6) is 0.324. The SMILES string of the molecule is CCOC(=O)c1c(-c2cc(C)c(OCc3ccccc3)cc2C)c(C=O)n2ccccc12. The fourth-order valence-corrected chi connectivity index (χ4v) is 3.98. The van der Waals surface area contributed by atoms with Crippen LogP contribution in [-0.2, 0) is 11.3 Å². The molecule has 0 radical (unpaired) electrons. The minimum atomic E-state index is -0.444. The van der Waals surface area contributed by atoms with Crippen LogP contribution in [0.1, 0.15) is 44.5 Å². The summed E-state index contributed by atoms with van der Waals surface area (Å²) >= 11 is 0. The molecule has 162 valence electrons. The van der Waals surface area contributed by atoms with E-state index >= 15 is 0 Å². The molecule has 0 spiro atoms. The molecule has 0 atom stereocenters. The van der Waals surface area contributed by atoms with Gasteiger partial charge in [-0.05, 0) is 67.3 Å². The normalized spacial score (nSPS) is 10.8. The van der Waals surface area contributed by atoms with E-state index in [-0.39, 0.29) is 6.61 Å². The molecular formula is C27H25NO4. The standard InChI is InChI=1S/C27H25NO4/c1-4-31-27(30)26-22-12-8-9-13-28(22)23(16-29)25(26)21-14-19(3)24(15-18(21)2)32-17-20-10-6-5-7-11-20/h5-16H,4,17H2,1-3H3. The van der Waals surface area contributed by atoms with E-state index < -0.39 is 5.97 Å². The lowest BCUT2D eigenvalue weighted by atomic mass is 9.94. The molecule has 4 aromatic rings. The number of rotatable bonds is 7. The molecule has 0 aliphatic heterocycles. The Morgan fingerprint density at radius 3 is 2.47 bits per heavy atom. The van der Waals surface area contributed by atoms with Gasteiger partial charge in [0.05, 0.1) is 23.4 Å². The largest absolute Gasteiger partial charge is 0.489 e. The van der Waals surface area contributed by atoms with E-state index in [4.69, 9.17) is 9.47 Å². The fourth-order valence-electron chi connectivity index (χ4n) is 3.98. The van der Waals surface area contributed by atoms with Gasteiger partial charge < -0.3 is 13.9 Å². The highest BCUT2D eigenvalue weighted by Gasteiger charge is 2.26. The number of hydrogen-bond donors (Lipinski definition) is 0. The van der Waals surface area contributed by atoms with Gasteiger partial charge in [-0.3, -0.25) is 4.79 Å². The second kappa shape index (κ2) is 9.10. The Balaban J connectivity index is 1.83. The fraction of sp³-hybridized carbons (Fsp3) is 0.185. The summed E-state index contributed by atoms with van der Waals surface area (Å²) in [5, 5.41) is 0. The van der Waals surface area contributed by atoms with Gasteiger partial charge in [0.1, 0.15) is 12.4 Å². The van der Waals surface area contributed by atoms with E-state index in [0.29, 0.717) is 28.9 Å². The number of hydrogen-bond acceptors (Lipinski definition) is 4. The predicted octanol–water partition coefficient (Wildman–Crippen LogP) is 5.79. The first-order valence-electron chi connectivity index (χ1n) is 10.6. The molecule has 32 heavy (non-hydrogen) atoms. The summed E-state index contributed by atoms with van der Waals surface area (Å²) in [7, 11) is 0. The summed E-state index contributed by atoms with van der Waals surface area (Å²) in [6.45, 7) is 6.40. The summed E-state index contributed by atoms with van der Waals surface area (Å²) in [4.78, 5) is 25.1. The van der Waals surface area contributed by atoms with E-state index in [1.807, 2.05) is 74.5 Å². The van der Waals surface area contributed by atoms with Crippen molar-refractivity contribution >= 4 is 17.8 Å². The number of carbonyl (C=O) groups is 2. The highest BCUT2D eigenvalue weighted by molar-refractivity contribution is 6.09. The van der Waals surface area contributed by atoms with Crippen molar-refractivity contribution in [1.29, 1.82) is 0 Å². The lowest BCUT2D eigenvalue weighted by Crippen LogP contribution is -2.06. The minimum Gasteiger partial charge on any atom is -0.489 e. The van der Waals surface area contributed by atoms with Crippen molar-refractivity contribution in [2.24, 2.45) is 0 Å². The van der Waals surface area contributed by atoms with E-state index in [0.717, 1.165) is 34.3 Å². The van der Waals surface area contributed by atoms with Crippen molar-refractivity contribution in [1.82, 2.24) is 4.40 Å². The molecule has 0 aliphatic rings. The summed E-state index contributed by atoms with van der Waals surface area (Å²) in [5.41, 5.74) is 5.76. The monoisotopic (exact) mass is 427 g/mol. The molecule has 5 heteroatoms. The van der Waals surface area contributed by atoms with Crippen LogP contribution in [0.4, 0.5) is 0 Å². The van der Waals surface area contributed by atoms with Crippen molar-refractivity contribution in [2.75, 3.05) is 6.61 Å². The third-order valence-corrected chi connectivity index (χ3v) is 5.50. The lowest BCUT2D eigenvalue weighted by Gasteiger charge is -2.15. The molecule has 0 saturated carbocycles. The number of aromatic nitrogens is 1. The van der Waals surface area contributed by atoms with Gasteiger partial charge in [0.25, 0.3) is 0 Å². The van der Waals surface area contributed by atoms with Crippen LogP contribution in [0.2, 0.25) is 0 Å². The highest BCUT2D eigenvalue weighted by Crippen LogP contribution is 2.37. The van der Waals surface area contributed by atoms with Gasteiger partial charge in [-0.25, -0.2) is 4.79 Å². The number of aldehydes is 1. The number of pyridine rings is 1. The van der Waals surface area contributed by atoms with Gasteiger partial charge in [0.2, 0.25) is 0 Å². The molecule has 4 rings (SSSR count). The van der Waals surface area contributed by atoms with Gasteiger partial charge in [-0.1, -0.05) is 36.4 Å². The van der Waals surface area contributed by atoms with Crippen LogP contribution in [0.5, 0.6) is 5.75 Å². The molecule has 2 aromatic heterocycles. The van der Waals surface area contributed by atoms with E-state index in [1.165, 1.54) is 0 Å². The Kier molecular flexibility index (Phi) is 6.08. The average Bonchev–Trinajstić information content (AvgIpc) is 3.14. The first-order chi connectivity index (χ1) is 15.5. The van der Waals surface area contributed by atoms with Crippen LogP contribution in [0, 0.1) is 13.8 Å². The van der Waals surface area contributed by atoms with Gasteiger partial charge in [-0.15, -0.1) is 0 Å². The van der Waals surface area contributed by atoms with E-state index in [9.17, 15) is 9.59 Å². The Bertz CT molecular complexity index is 1290. The van der Waals surface area contributed by atoms with Crippen LogP contribution in [0.25, 0.3) is 16.6 Å². The first kappa shape index (κ1) is 21.4. The third-order valence-electron chi connectivity index (χ3n) is 5.50. The van der Waals surface area contributed by atoms with Crippen molar-refractivity contribution in [3.63, 3.8) is 0 Å². The van der Waals surface area contributed by atoms with E-state index in [2.05, 4.69) is 0 Å². The zero-order valence-electron chi connectivity index (χ0n) is 18.4. The molecule has 0 N–H and O–H groups in total. The molecular weight excluding hydrogens is 402 g/mol. The van der Waals surface area contributed by atoms with Gasteiger partial charge in [-0.2, -0.15) is 0 Å². The van der Waals surface area contributed by atoms with Crippen LogP contribution in [0.15, 0.2) is 66.9 Å². The van der Waals surface area contributed by atoms with Crippen molar-refractivity contribution in [2.45, 2.75) is 27.4 Å². The Morgan fingerprint density at radius 2 is 1.75 bits per heavy atom. The average molecular weight is 428 g/mol. The van der Waals surface area contributed by atoms with Gasteiger partial charge >= 0.3 is 5.97 Å². The van der Waals surface area contributed by atoms with Crippen LogP contribution < -0.4 is 4.74 Å². The van der Waals surface area contributed by atoms with E-state index in [1.54, 1.807) is 17.5 Å². The summed E-state index contributed by atoms with van der Waals surface area (Å²) in [6.07, 6.45) is 2.57. The molecule has 0 aliphatic carbocycles. The molecule has 0 fully saturated rings. The molecule has 0 amide bonds. The first-order valence-corrected chi connectivity index (χ1v) is 10.6. The number of fused-ring (bicyclic) bond motifs is 1. The lowest BCUT2D eigenvalue weighted by molar-refractivity contribution is 0.0529. The topological polar surface area (TPSA) is 57.0 Å². The highest BCUT2D eigenvalue weighted by atomic mass is 16.5. The molecule has 2 heterocycles. The molecule has 0 bridgehead atoms. The van der Waals surface area contributed by atoms with Gasteiger partial charge in [0.15, 0.2) is 6.29 Å². The molecule has 5 nitrogen and oxygen atoms in total. The number of carbonyl (C=O) groups excluding carboxylic acids is 2. The van der Waals surface area contributed by atoms with Crippen LogP contribution >= 0.6 is 0 Å². The number of esters is 1. The van der Waals surface area contributed by atoms with Crippen molar-refractivity contribution in [3.05, 3.63) is 94.8 Å². The van der Waals surface area contributed by atoms with Crippen LogP contribution in [-0.4, -0.2) is 23.3 Å². The zero-order valence-corrected chi connectivity index (χ0v) is 18.4. The Labute approximate surface area is 187 Å². The maximum atomic E-state index is 12.9. The summed E-state index contributed by atoms with van der Waals surface area (Å²) < 4.78 is 13.1. The minimum absolute atomic E-state index is 0.253. The molecule has 0 saturated heterocycles. The number of benzene rings is 2.